The van der Waals surface area contributed by atoms with E-state index in [1.165, 1.54) is 22.7 Å². The first-order valence-electron chi connectivity index (χ1n) is 12.8. The molecule has 0 unspecified atom stereocenters. The van der Waals surface area contributed by atoms with Gasteiger partial charge in [-0.3, -0.25) is 14.6 Å². The number of carbonyl (C=O) groups is 1. The molecule has 0 aliphatic carbocycles. The van der Waals surface area contributed by atoms with E-state index in [1.807, 2.05) is 88.6 Å². The number of thiazole rings is 1. The van der Waals surface area contributed by atoms with Crippen LogP contribution in [0.2, 0.25) is 0 Å². The minimum absolute atomic E-state index is 0.0128. The topological polar surface area (TPSA) is 63.5 Å². The maximum absolute atomic E-state index is 14.0. The van der Waals surface area contributed by atoms with Crippen LogP contribution in [0.15, 0.2) is 72.1 Å². The van der Waals surface area contributed by atoms with Gasteiger partial charge in [-0.05, 0) is 31.5 Å². The van der Waals surface area contributed by atoms with Crippen LogP contribution in [0, 0.1) is 6.92 Å². The van der Waals surface area contributed by atoms with E-state index in [4.69, 9.17) is 14.8 Å². The summed E-state index contributed by atoms with van der Waals surface area (Å²) in [5.41, 5.74) is 3.85. The second kappa shape index (κ2) is 11.2. The molecule has 6 rings (SSSR count). The van der Waals surface area contributed by atoms with Crippen LogP contribution in [0.4, 0.5) is 5.13 Å². The van der Waals surface area contributed by atoms with Crippen LogP contribution in [0.1, 0.15) is 21.8 Å². The fraction of sp³-hybridized carbons (Fsp3) is 0.276. The predicted molar refractivity (Wildman–Crippen MR) is 155 cm³/mol. The van der Waals surface area contributed by atoms with Gasteiger partial charge in [0.25, 0.3) is 5.91 Å². The lowest BCUT2D eigenvalue weighted by molar-refractivity contribution is 0.0376. The summed E-state index contributed by atoms with van der Waals surface area (Å²) in [6.45, 7) is 6.96. The lowest BCUT2D eigenvalue weighted by Gasteiger charge is -2.27. The molecule has 5 aromatic rings. The number of benzene rings is 2. The number of amides is 1. The van der Waals surface area contributed by atoms with E-state index in [0.717, 1.165) is 77.3 Å². The molecule has 9 heteroatoms. The van der Waals surface area contributed by atoms with Gasteiger partial charge in [0.05, 0.1) is 35.2 Å². The van der Waals surface area contributed by atoms with Gasteiger partial charge in [-0.25, -0.2) is 9.67 Å². The lowest BCUT2D eigenvalue weighted by Crippen LogP contribution is -2.39. The number of aryl methyl sites for hydroxylation is 1. The summed E-state index contributed by atoms with van der Waals surface area (Å²) in [7, 11) is 0. The molecule has 38 heavy (non-hydrogen) atoms. The maximum Gasteiger partial charge on any atom is 0.270 e. The number of rotatable bonds is 8. The van der Waals surface area contributed by atoms with Gasteiger partial charge >= 0.3 is 0 Å². The average molecular weight is 544 g/mol. The highest BCUT2D eigenvalue weighted by Gasteiger charge is 2.25. The summed E-state index contributed by atoms with van der Waals surface area (Å²) in [6, 6.07) is 22.2. The molecule has 0 bridgehead atoms. The number of para-hydroxylation sites is 1. The van der Waals surface area contributed by atoms with Crippen molar-refractivity contribution < 1.29 is 9.53 Å². The fourth-order valence-electron chi connectivity index (χ4n) is 4.72. The largest absolute Gasteiger partial charge is 0.379 e. The average Bonchev–Trinajstić information content (AvgIpc) is 3.70. The van der Waals surface area contributed by atoms with Crippen LogP contribution in [-0.2, 0) is 4.74 Å². The van der Waals surface area contributed by atoms with Gasteiger partial charge in [0, 0.05) is 42.5 Å². The normalized spacial score (nSPS) is 14.2. The molecule has 0 radical (unpaired) electrons. The Labute approximate surface area is 229 Å². The van der Waals surface area contributed by atoms with Gasteiger partial charge < -0.3 is 4.74 Å². The molecule has 4 heterocycles. The van der Waals surface area contributed by atoms with E-state index < -0.39 is 0 Å². The van der Waals surface area contributed by atoms with E-state index in [-0.39, 0.29) is 5.91 Å². The number of fused-ring (bicyclic) bond motifs is 1. The van der Waals surface area contributed by atoms with Crippen molar-refractivity contribution in [3.8, 4) is 16.9 Å². The summed E-state index contributed by atoms with van der Waals surface area (Å²) in [5.74, 6) is -0.0128. The smallest absolute Gasteiger partial charge is 0.270 e. The molecule has 0 saturated carbocycles. The number of hydrogen-bond acceptors (Lipinski definition) is 7. The molecule has 1 fully saturated rings. The summed E-state index contributed by atoms with van der Waals surface area (Å²) in [6.07, 6.45) is 0.869. The van der Waals surface area contributed by atoms with Gasteiger partial charge in [0.15, 0.2) is 5.13 Å². The minimum atomic E-state index is -0.0128. The number of carbonyl (C=O) groups excluding carboxylic acids is 1. The van der Waals surface area contributed by atoms with Crippen LogP contribution < -0.4 is 4.90 Å². The van der Waals surface area contributed by atoms with E-state index in [9.17, 15) is 4.79 Å². The third-order valence-corrected chi connectivity index (χ3v) is 8.72. The number of nitrogens with zero attached hydrogens (tertiary/aromatic N) is 5. The minimum Gasteiger partial charge on any atom is -0.379 e. The maximum atomic E-state index is 14.0. The Morgan fingerprint density at radius 3 is 2.55 bits per heavy atom. The molecule has 1 aliphatic heterocycles. The molecule has 1 amide bonds. The van der Waals surface area contributed by atoms with Crippen molar-refractivity contribution >= 4 is 43.9 Å². The zero-order chi connectivity index (χ0) is 25.9. The number of thiophene rings is 1. The molecule has 3 aromatic heterocycles. The second-order valence-corrected chi connectivity index (χ2v) is 11.2. The van der Waals surface area contributed by atoms with Crippen molar-refractivity contribution in [2.24, 2.45) is 0 Å². The Bertz CT molecular complexity index is 1520. The summed E-state index contributed by atoms with van der Waals surface area (Å²) in [4.78, 5) is 24.9. The van der Waals surface area contributed by atoms with Gasteiger partial charge in [-0.2, -0.15) is 5.10 Å². The Hall–Kier alpha value is -3.37. The van der Waals surface area contributed by atoms with Gasteiger partial charge in [-0.1, -0.05) is 48.5 Å². The predicted octanol–water partition coefficient (Wildman–Crippen LogP) is 5.89. The summed E-state index contributed by atoms with van der Waals surface area (Å²) in [5, 5.41) is 8.52. The third kappa shape index (κ3) is 5.15. The number of aromatic nitrogens is 3. The molecule has 0 N–H and O–H groups in total. The number of hydrogen-bond donors (Lipinski definition) is 0. The van der Waals surface area contributed by atoms with Crippen LogP contribution in [0.3, 0.4) is 0 Å². The third-order valence-electron chi connectivity index (χ3n) is 6.75. The molecule has 1 aliphatic rings. The standard InChI is InChI=1S/C29H29N5O2S2/c1-21-24-19-26(38-28(24)34(31-21)23-11-6-3-7-12-23)27(35)33(14-8-13-32-15-17-36-18-16-32)29-30-25(20-37-29)22-9-4-2-5-10-22/h2-7,9-12,19-20H,8,13-18H2,1H3. The highest BCUT2D eigenvalue weighted by Crippen LogP contribution is 2.34. The Balaban J connectivity index is 1.30. The molecule has 2 aromatic carbocycles. The van der Waals surface area contributed by atoms with E-state index in [0.29, 0.717) is 11.4 Å². The number of morpholine rings is 1. The van der Waals surface area contributed by atoms with Crippen molar-refractivity contribution in [2.45, 2.75) is 13.3 Å². The molecule has 7 nitrogen and oxygen atoms in total. The van der Waals surface area contributed by atoms with Crippen LogP contribution in [-0.4, -0.2) is 65.0 Å². The Morgan fingerprint density at radius 1 is 1.05 bits per heavy atom. The molecule has 0 atom stereocenters. The highest BCUT2D eigenvalue weighted by atomic mass is 32.1. The molecular weight excluding hydrogens is 514 g/mol. The molecule has 194 valence electrons. The van der Waals surface area contributed by atoms with Crippen LogP contribution in [0.5, 0.6) is 0 Å². The quantitative estimate of drug-likeness (QED) is 0.244. The zero-order valence-corrected chi connectivity index (χ0v) is 22.9. The van der Waals surface area contributed by atoms with Gasteiger partial charge in [0.2, 0.25) is 0 Å². The van der Waals surface area contributed by atoms with Crippen molar-refractivity contribution in [2.75, 3.05) is 44.3 Å². The van der Waals surface area contributed by atoms with Crippen LogP contribution >= 0.6 is 22.7 Å². The number of ether oxygens (including phenoxy) is 1. The zero-order valence-electron chi connectivity index (χ0n) is 21.2. The first-order valence-corrected chi connectivity index (χ1v) is 14.5. The van der Waals surface area contributed by atoms with E-state index in [1.54, 1.807) is 0 Å². The van der Waals surface area contributed by atoms with Gasteiger partial charge in [0.1, 0.15) is 4.83 Å². The molecular formula is C29H29N5O2S2. The van der Waals surface area contributed by atoms with Crippen molar-refractivity contribution in [3.63, 3.8) is 0 Å². The fourth-order valence-corrected chi connectivity index (χ4v) is 6.71. The second-order valence-electron chi connectivity index (χ2n) is 9.31. The van der Waals surface area contributed by atoms with E-state index in [2.05, 4.69) is 4.90 Å². The molecule has 1 saturated heterocycles. The lowest BCUT2D eigenvalue weighted by atomic mass is 10.2. The Morgan fingerprint density at radius 2 is 1.79 bits per heavy atom. The number of anilines is 1. The highest BCUT2D eigenvalue weighted by molar-refractivity contribution is 7.20. The van der Waals surface area contributed by atoms with E-state index >= 15 is 0 Å². The van der Waals surface area contributed by atoms with Crippen LogP contribution in [0.25, 0.3) is 27.2 Å². The van der Waals surface area contributed by atoms with Crippen molar-refractivity contribution in [1.82, 2.24) is 19.7 Å². The van der Waals surface area contributed by atoms with Crippen molar-refractivity contribution in [3.05, 3.63) is 82.7 Å². The summed E-state index contributed by atoms with van der Waals surface area (Å²) >= 11 is 3.02. The van der Waals surface area contributed by atoms with Gasteiger partial charge in [-0.15, -0.1) is 22.7 Å². The molecule has 0 spiro atoms. The SMILES string of the molecule is Cc1nn(-c2ccccc2)c2sc(C(=O)N(CCCN3CCOCC3)c3nc(-c4ccccc4)cs3)cc12. The Kier molecular flexibility index (Phi) is 7.33. The van der Waals surface area contributed by atoms with Crippen molar-refractivity contribution in [1.29, 1.82) is 0 Å². The monoisotopic (exact) mass is 543 g/mol. The summed E-state index contributed by atoms with van der Waals surface area (Å²) < 4.78 is 7.43. The first kappa shape index (κ1) is 24.9. The first-order chi connectivity index (χ1) is 18.7.